The minimum atomic E-state index is -0.315. The average Bonchev–Trinajstić information content (AvgIpc) is 2.34. The smallest absolute Gasteiger partial charge is 0.0947 e. The number of fused-ring (bicyclic) bond motifs is 1. The lowest BCUT2D eigenvalue weighted by molar-refractivity contribution is 0.0415. The van der Waals surface area contributed by atoms with E-state index >= 15 is 0 Å². The number of nitrogens with zero attached hydrogens (tertiary/aromatic N) is 1. The summed E-state index contributed by atoms with van der Waals surface area (Å²) in [6.07, 6.45) is 1.85. The van der Waals surface area contributed by atoms with Crippen LogP contribution in [0.1, 0.15) is 37.5 Å². The van der Waals surface area contributed by atoms with Crippen molar-refractivity contribution < 1.29 is 5.11 Å². The van der Waals surface area contributed by atoms with E-state index in [0.717, 1.165) is 31.5 Å². The van der Waals surface area contributed by atoms with Crippen LogP contribution in [0.25, 0.3) is 0 Å². The second-order valence-electron chi connectivity index (χ2n) is 4.47. The van der Waals surface area contributed by atoms with Crippen molar-refractivity contribution in [1.82, 2.24) is 4.90 Å². The normalized spacial score (nSPS) is 24.5. The number of hydrogen-bond donors (Lipinski definition) is 1. The Bertz CT molecular complexity index is 346. The van der Waals surface area contributed by atoms with Crippen LogP contribution in [0, 0.1) is 0 Å². The molecule has 0 aliphatic heterocycles. The minimum Gasteiger partial charge on any atom is -0.387 e. The van der Waals surface area contributed by atoms with Crippen LogP contribution in [-0.2, 0) is 6.42 Å². The first-order valence-electron chi connectivity index (χ1n) is 6.27. The summed E-state index contributed by atoms with van der Waals surface area (Å²) in [5.74, 6) is 0. The van der Waals surface area contributed by atoms with E-state index in [9.17, 15) is 5.11 Å². The van der Waals surface area contributed by atoms with Gasteiger partial charge >= 0.3 is 0 Å². The number of aliphatic hydroxyl groups is 1. The highest BCUT2D eigenvalue weighted by atomic mass is 16.3. The number of hydrogen-bond acceptors (Lipinski definition) is 2. The summed E-state index contributed by atoms with van der Waals surface area (Å²) in [5.41, 5.74) is 2.45. The van der Waals surface area contributed by atoms with Crippen LogP contribution >= 0.6 is 0 Å². The van der Waals surface area contributed by atoms with Gasteiger partial charge in [-0.05, 0) is 37.1 Å². The summed E-state index contributed by atoms with van der Waals surface area (Å²) in [6, 6.07) is 8.58. The maximum Gasteiger partial charge on any atom is 0.0947 e. The van der Waals surface area contributed by atoms with Gasteiger partial charge < -0.3 is 5.11 Å². The second kappa shape index (κ2) is 4.98. The third-order valence-corrected chi connectivity index (χ3v) is 3.73. The van der Waals surface area contributed by atoms with Crippen LogP contribution in [0.15, 0.2) is 24.3 Å². The molecule has 0 saturated heterocycles. The predicted molar refractivity (Wildman–Crippen MR) is 66.4 cm³/mol. The Labute approximate surface area is 97.9 Å². The highest BCUT2D eigenvalue weighted by molar-refractivity contribution is 5.32. The van der Waals surface area contributed by atoms with Crippen molar-refractivity contribution in [3.63, 3.8) is 0 Å². The lowest BCUT2D eigenvalue weighted by Crippen LogP contribution is -2.42. The molecule has 0 radical (unpaired) electrons. The van der Waals surface area contributed by atoms with Crippen molar-refractivity contribution in [2.24, 2.45) is 0 Å². The molecule has 0 saturated carbocycles. The van der Waals surface area contributed by atoms with Crippen molar-refractivity contribution in [1.29, 1.82) is 0 Å². The average molecular weight is 219 g/mol. The van der Waals surface area contributed by atoms with Crippen molar-refractivity contribution in [3.05, 3.63) is 35.4 Å². The number of benzene rings is 1. The SMILES string of the molecule is CCN(CC)C1CCc2ccccc2C1O. The van der Waals surface area contributed by atoms with Crippen molar-refractivity contribution >= 4 is 0 Å². The maximum absolute atomic E-state index is 10.4. The van der Waals surface area contributed by atoms with Gasteiger partial charge in [-0.25, -0.2) is 0 Å². The van der Waals surface area contributed by atoms with Crippen LogP contribution in [-0.4, -0.2) is 29.1 Å². The molecule has 1 aliphatic rings. The Morgan fingerprint density at radius 1 is 1.25 bits per heavy atom. The monoisotopic (exact) mass is 219 g/mol. The van der Waals surface area contributed by atoms with Gasteiger partial charge in [-0.3, -0.25) is 4.90 Å². The van der Waals surface area contributed by atoms with Crippen LogP contribution in [0.2, 0.25) is 0 Å². The molecule has 0 aromatic heterocycles. The van der Waals surface area contributed by atoms with Gasteiger partial charge in [0.25, 0.3) is 0 Å². The van der Waals surface area contributed by atoms with Gasteiger partial charge in [-0.15, -0.1) is 0 Å². The lowest BCUT2D eigenvalue weighted by Gasteiger charge is -2.37. The van der Waals surface area contributed by atoms with E-state index in [-0.39, 0.29) is 6.10 Å². The van der Waals surface area contributed by atoms with Gasteiger partial charge in [0, 0.05) is 6.04 Å². The molecule has 2 atom stereocenters. The first-order chi connectivity index (χ1) is 7.77. The fraction of sp³-hybridized carbons (Fsp3) is 0.571. The van der Waals surface area contributed by atoms with E-state index in [1.54, 1.807) is 0 Å². The summed E-state index contributed by atoms with van der Waals surface area (Å²) in [5, 5.41) is 10.4. The number of aryl methyl sites for hydroxylation is 1. The summed E-state index contributed by atoms with van der Waals surface area (Å²) >= 11 is 0. The van der Waals surface area contributed by atoms with Gasteiger partial charge in [-0.1, -0.05) is 38.1 Å². The topological polar surface area (TPSA) is 23.5 Å². The van der Waals surface area contributed by atoms with E-state index in [1.807, 2.05) is 6.07 Å². The van der Waals surface area contributed by atoms with E-state index in [1.165, 1.54) is 5.56 Å². The Morgan fingerprint density at radius 3 is 2.62 bits per heavy atom. The van der Waals surface area contributed by atoms with Crippen molar-refractivity contribution in [2.75, 3.05) is 13.1 Å². The molecule has 16 heavy (non-hydrogen) atoms. The molecule has 88 valence electrons. The third-order valence-electron chi connectivity index (χ3n) is 3.73. The fourth-order valence-electron chi connectivity index (χ4n) is 2.79. The molecule has 2 nitrogen and oxygen atoms in total. The largest absolute Gasteiger partial charge is 0.387 e. The number of rotatable bonds is 3. The first kappa shape index (κ1) is 11.6. The molecule has 2 unspecified atom stereocenters. The molecular formula is C14H21NO. The Morgan fingerprint density at radius 2 is 1.94 bits per heavy atom. The minimum absolute atomic E-state index is 0.296. The zero-order valence-corrected chi connectivity index (χ0v) is 10.2. The van der Waals surface area contributed by atoms with E-state index in [4.69, 9.17) is 0 Å². The Balaban J connectivity index is 2.23. The van der Waals surface area contributed by atoms with Crippen molar-refractivity contribution in [2.45, 2.75) is 38.8 Å². The van der Waals surface area contributed by atoms with Crippen LogP contribution in [0.5, 0.6) is 0 Å². The van der Waals surface area contributed by atoms with E-state index in [2.05, 4.69) is 36.9 Å². The molecule has 0 fully saturated rings. The zero-order chi connectivity index (χ0) is 11.5. The maximum atomic E-state index is 10.4. The summed E-state index contributed by atoms with van der Waals surface area (Å²) in [4.78, 5) is 2.36. The zero-order valence-electron chi connectivity index (χ0n) is 10.2. The molecule has 2 rings (SSSR count). The molecule has 1 aromatic rings. The fourth-order valence-corrected chi connectivity index (χ4v) is 2.79. The molecule has 1 N–H and O–H groups in total. The summed E-state index contributed by atoms with van der Waals surface area (Å²) in [6.45, 7) is 6.36. The molecule has 1 aliphatic carbocycles. The van der Waals surface area contributed by atoms with Crippen LogP contribution in [0.4, 0.5) is 0 Å². The van der Waals surface area contributed by atoms with Gasteiger partial charge in [-0.2, -0.15) is 0 Å². The second-order valence-corrected chi connectivity index (χ2v) is 4.47. The molecule has 1 aromatic carbocycles. The molecule has 0 heterocycles. The first-order valence-corrected chi connectivity index (χ1v) is 6.27. The van der Waals surface area contributed by atoms with Gasteiger partial charge in [0.05, 0.1) is 6.10 Å². The Kier molecular flexibility index (Phi) is 3.62. The van der Waals surface area contributed by atoms with Crippen molar-refractivity contribution in [3.8, 4) is 0 Å². The molecule has 0 spiro atoms. The summed E-state index contributed by atoms with van der Waals surface area (Å²) in [7, 11) is 0. The standard InChI is InChI=1S/C14H21NO/c1-3-15(4-2)13-10-9-11-7-5-6-8-12(11)14(13)16/h5-8,13-14,16H,3-4,9-10H2,1-2H3. The molecule has 2 heteroatoms. The molecule has 0 amide bonds. The van der Waals surface area contributed by atoms with Gasteiger partial charge in [0.15, 0.2) is 0 Å². The molecular weight excluding hydrogens is 198 g/mol. The highest BCUT2D eigenvalue weighted by Crippen LogP contribution is 2.32. The molecule has 0 bridgehead atoms. The summed E-state index contributed by atoms with van der Waals surface area (Å²) < 4.78 is 0. The third kappa shape index (κ3) is 2.00. The Hall–Kier alpha value is -0.860. The van der Waals surface area contributed by atoms with Crippen LogP contribution in [0.3, 0.4) is 0 Å². The van der Waals surface area contributed by atoms with Gasteiger partial charge in [0.1, 0.15) is 0 Å². The highest BCUT2D eigenvalue weighted by Gasteiger charge is 2.30. The predicted octanol–water partition coefficient (Wildman–Crippen LogP) is 2.38. The van der Waals surface area contributed by atoms with Gasteiger partial charge in [0.2, 0.25) is 0 Å². The lowest BCUT2D eigenvalue weighted by atomic mass is 9.85. The number of likely N-dealkylation sites (N-methyl/N-ethyl adjacent to an activating group) is 1. The van der Waals surface area contributed by atoms with E-state index < -0.39 is 0 Å². The number of aliphatic hydroxyl groups excluding tert-OH is 1. The van der Waals surface area contributed by atoms with E-state index in [0.29, 0.717) is 6.04 Å². The quantitative estimate of drug-likeness (QED) is 0.843. The van der Waals surface area contributed by atoms with Crippen LogP contribution < -0.4 is 0 Å².